The van der Waals surface area contributed by atoms with Crippen molar-refractivity contribution in [1.82, 2.24) is 9.80 Å². The Labute approximate surface area is 176 Å². The summed E-state index contributed by atoms with van der Waals surface area (Å²) in [6, 6.07) is 8.32. The molecular weight excluding hydrogens is 390 g/mol. The number of ether oxygens (including phenoxy) is 1. The summed E-state index contributed by atoms with van der Waals surface area (Å²) >= 11 is 0. The maximum absolute atomic E-state index is 13.9. The fraction of sp³-hybridized carbons (Fsp3) is 0.609. The molecule has 3 aliphatic rings. The van der Waals surface area contributed by atoms with Crippen LogP contribution in [0.15, 0.2) is 42.7 Å². The Bertz CT molecular complexity index is 784. The molecule has 0 bridgehead atoms. The minimum atomic E-state index is -2.87. The summed E-state index contributed by atoms with van der Waals surface area (Å²) in [5.41, 5.74) is -1.76. The van der Waals surface area contributed by atoms with E-state index in [2.05, 4.69) is 22.9 Å². The van der Waals surface area contributed by atoms with Gasteiger partial charge in [-0.2, -0.15) is 0 Å². The number of alkyl halides is 2. The molecule has 1 N–H and O–H groups in total. The van der Waals surface area contributed by atoms with E-state index >= 15 is 0 Å². The summed E-state index contributed by atoms with van der Waals surface area (Å²) in [5, 5.41) is 11.3. The molecule has 1 aromatic rings. The number of hydrogen-bond donors (Lipinski definition) is 1. The van der Waals surface area contributed by atoms with Crippen LogP contribution < -0.4 is 0 Å². The lowest BCUT2D eigenvalue weighted by Crippen LogP contribution is -2.45. The monoisotopic (exact) mass is 420 g/mol. The van der Waals surface area contributed by atoms with Crippen LogP contribution in [-0.4, -0.2) is 52.7 Å². The average Bonchev–Trinajstić information content (AvgIpc) is 3.39. The summed E-state index contributed by atoms with van der Waals surface area (Å²) in [5.74, 6) is -3.81. The molecule has 5 nitrogen and oxygen atoms in total. The molecule has 4 rings (SSSR count). The van der Waals surface area contributed by atoms with Gasteiger partial charge in [0.25, 0.3) is 0 Å². The van der Waals surface area contributed by atoms with Crippen LogP contribution in [0.3, 0.4) is 0 Å². The van der Waals surface area contributed by atoms with Crippen LogP contribution in [0, 0.1) is 11.8 Å². The van der Waals surface area contributed by atoms with Crippen LogP contribution >= 0.6 is 0 Å². The highest BCUT2D eigenvalue weighted by Crippen LogP contribution is 2.47. The van der Waals surface area contributed by atoms with Gasteiger partial charge in [0.2, 0.25) is 5.92 Å². The number of hydrogen-bond acceptors (Lipinski definition) is 5. The van der Waals surface area contributed by atoms with Gasteiger partial charge in [0.15, 0.2) is 5.60 Å². The maximum atomic E-state index is 13.9. The van der Waals surface area contributed by atoms with Gasteiger partial charge >= 0.3 is 5.97 Å². The Balaban J connectivity index is 1.38. The molecule has 0 amide bonds. The highest BCUT2D eigenvalue weighted by Gasteiger charge is 2.54. The molecule has 1 heterocycles. The highest BCUT2D eigenvalue weighted by molar-refractivity contribution is 5.81. The van der Waals surface area contributed by atoms with Gasteiger partial charge in [0.1, 0.15) is 6.61 Å². The molecule has 0 spiro atoms. The third-order valence-corrected chi connectivity index (χ3v) is 6.68. The molecular formula is C23H30F2N2O3. The second-order valence-electron chi connectivity index (χ2n) is 8.87. The van der Waals surface area contributed by atoms with E-state index in [9.17, 15) is 18.7 Å². The predicted octanol–water partition coefficient (Wildman–Crippen LogP) is 3.70. The van der Waals surface area contributed by atoms with Crippen LogP contribution in [0.5, 0.6) is 0 Å². The molecule has 2 saturated carbocycles. The lowest BCUT2D eigenvalue weighted by Gasteiger charge is -2.33. The Kier molecular flexibility index (Phi) is 5.75. The van der Waals surface area contributed by atoms with Crippen LogP contribution in [0.25, 0.3) is 0 Å². The van der Waals surface area contributed by atoms with Gasteiger partial charge in [-0.15, -0.1) is 0 Å². The quantitative estimate of drug-likeness (QED) is 0.650. The van der Waals surface area contributed by atoms with Gasteiger partial charge in [0.05, 0.1) is 12.7 Å². The summed E-state index contributed by atoms with van der Waals surface area (Å²) in [6.45, 7) is 3.71. The van der Waals surface area contributed by atoms with Gasteiger partial charge in [-0.1, -0.05) is 30.3 Å². The highest BCUT2D eigenvalue weighted by atomic mass is 19.3. The van der Waals surface area contributed by atoms with E-state index in [-0.39, 0.29) is 25.6 Å². The molecule has 3 atom stereocenters. The van der Waals surface area contributed by atoms with E-state index in [4.69, 9.17) is 4.74 Å². The molecule has 1 aromatic carbocycles. The minimum absolute atomic E-state index is 0.0789. The first-order valence-electron chi connectivity index (χ1n) is 10.8. The number of esters is 1. The molecule has 30 heavy (non-hydrogen) atoms. The molecule has 2 fully saturated rings. The van der Waals surface area contributed by atoms with Crippen molar-refractivity contribution in [2.24, 2.45) is 11.8 Å². The first-order valence-corrected chi connectivity index (χ1v) is 10.8. The van der Waals surface area contributed by atoms with Crippen molar-refractivity contribution < 1.29 is 23.4 Å². The fourth-order valence-electron chi connectivity index (χ4n) is 4.56. The largest absolute Gasteiger partial charge is 0.461 e. The Hall–Kier alpha value is -2.15. The Morgan fingerprint density at radius 3 is 2.53 bits per heavy atom. The first-order chi connectivity index (χ1) is 14.3. The topological polar surface area (TPSA) is 53.0 Å². The average molecular weight is 421 g/mol. The summed E-state index contributed by atoms with van der Waals surface area (Å²) < 4.78 is 33.2. The second kappa shape index (κ2) is 8.17. The first kappa shape index (κ1) is 21.1. The smallest absolute Gasteiger partial charge is 0.343 e. The number of halogens is 2. The SMILES string of the molecule is CC1N(CCOC(=O)[C@](O)(c2ccccc2)[C@@H]2CCC(F)(F)C2)C=CN1CC1CC1. The molecule has 1 unspecified atom stereocenters. The van der Waals surface area contributed by atoms with Crippen LogP contribution in [0.4, 0.5) is 8.78 Å². The van der Waals surface area contributed by atoms with Crippen molar-refractivity contribution in [3.8, 4) is 0 Å². The van der Waals surface area contributed by atoms with Crippen molar-refractivity contribution in [2.75, 3.05) is 19.7 Å². The predicted molar refractivity (Wildman–Crippen MR) is 108 cm³/mol. The van der Waals surface area contributed by atoms with E-state index in [0.717, 1.165) is 12.5 Å². The third-order valence-electron chi connectivity index (χ3n) is 6.68. The van der Waals surface area contributed by atoms with Gasteiger partial charge in [0, 0.05) is 37.7 Å². The molecule has 1 aliphatic heterocycles. The van der Waals surface area contributed by atoms with Crippen molar-refractivity contribution in [3.05, 3.63) is 48.3 Å². The van der Waals surface area contributed by atoms with E-state index in [1.165, 1.54) is 12.8 Å². The van der Waals surface area contributed by atoms with Crippen molar-refractivity contribution >= 4 is 5.97 Å². The molecule has 0 radical (unpaired) electrons. The normalized spacial score (nSPS) is 27.3. The number of carbonyl (C=O) groups excluding carboxylic acids is 1. The van der Waals surface area contributed by atoms with Crippen molar-refractivity contribution in [2.45, 2.75) is 56.7 Å². The van der Waals surface area contributed by atoms with Crippen LogP contribution in [0.2, 0.25) is 0 Å². The molecule has 7 heteroatoms. The zero-order valence-corrected chi connectivity index (χ0v) is 17.3. The Morgan fingerprint density at radius 1 is 1.20 bits per heavy atom. The van der Waals surface area contributed by atoms with E-state index in [1.807, 2.05) is 6.20 Å². The summed E-state index contributed by atoms with van der Waals surface area (Å²) in [6.07, 6.45) is 6.04. The van der Waals surface area contributed by atoms with Crippen molar-refractivity contribution in [3.63, 3.8) is 0 Å². The molecule has 2 aliphatic carbocycles. The maximum Gasteiger partial charge on any atom is 0.343 e. The van der Waals surface area contributed by atoms with Gasteiger partial charge in [-0.25, -0.2) is 13.6 Å². The molecule has 0 saturated heterocycles. The van der Waals surface area contributed by atoms with E-state index < -0.39 is 29.8 Å². The van der Waals surface area contributed by atoms with Crippen molar-refractivity contribution in [1.29, 1.82) is 0 Å². The van der Waals surface area contributed by atoms with Gasteiger partial charge < -0.3 is 19.6 Å². The number of rotatable bonds is 8. The minimum Gasteiger partial charge on any atom is -0.461 e. The van der Waals surface area contributed by atoms with Gasteiger partial charge in [-0.3, -0.25) is 0 Å². The lowest BCUT2D eigenvalue weighted by atomic mass is 9.80. The molecule has 164 valence electrons. The third kappa shape index (κ3) is 4.31. The van der Waals surface area contributed by atoms with E-state index in [0.29, 0.717) is 12.1 Å². The second-order valence-corrected chi connectivity index (χ2v) is 8.87. The number of aliphatic hydroxyl groups is 1. The number of benzene rings is 1. The van der Waals surface area contributed by atoms with E-state index in [1.54, 1.807) is 30.3 Å². The summed E-state index contributed by atoms with van der Waals surface area (Å²) in [4.78, 5) is 17.3. The van der Waals surface area contributed by atoms with Crippen LogP contribution in [0.1, 0.15) is 44.6 Å². The zero-order chi connectivity index (χ0) is 21.4. The number of carbonyl (C=O) groups is 1. The lowest BCUT2D eigenvalue weighted by molar-refractivity contribution is -0.175. The van der Waals surface area contributed by atoms with Crippen LogP contribution in [-0.2, 0) is 15.1 Å². The number of nitrogens with zero attached hydrogens (tertiary/aromatic N) is 2. The summed E-state index contributed by atoms with van der Waals surface area (Å²) in [7, 11) is 0. The standard InChI is InChI=1S/C23H30F2N2O3/c1-17-26(11-12-27(17)16-18-7-8-18)13-14-30-21(28)23(29,19-5-3-2-4-6-19)20-9-10-22(24,25)15-20/h2-6,11-12,17-18,20,29H,7-10,13-16H2,1H3/t17?,20-,23+/m1/s1. The van der Waals surface area contributed by atoms with Gasteiger partial charge in [-0.05, 0) is 37.7 Å². The molecule has 0 aromatic heterocycles. The zero-order valence-electron chi connectivity index (χ0n) is 17.3. The Morgan fingerprint density at radius 2 is 1.90 bits per heavy atom. The fourth-order valence-corrected chi connectivity index (χ4v) is 4.56.